The molecule has 1 aromatic heterocycles. The van der Waals surface area contributed by atoms with E-state index in [4.69, 9.17) is 5.26 Å². The maximum Gasteiger partial charge on any atom is 0.274 e. The first-order valence-electron chi connectivity index (χ1n) is 8.74. The van der Waals surface area contributed by atoms with Crippen LogP contribution in [0, 0.1) is 18.3 Å². The molecule has 3 rings (SSSR count). The lowest BCUT2D eigenvalue weighted by atomic mass is 10.1. The Morgan fingerprint density at radius 3 is 2.63 bits per heavy atom. The highest BCUT2D eigenvalue weighted by Crippen LogP contribution is 2.23. The summed E-state index contributed by atoms with van der Waals surface area (Å²) in [6.45, 7) is 4.03. The van der Waals surface area contributed by atoms with Crippen LogP contribution in [0.4, 0.5) is 17.1 Å². The summed E-state index contributed by atoms with van der Waals surface area (Å²) in [6, 6.07) is 18.8. The van der Waals surface area contributed by atoms with Crippen LogP contribution in [0.2, 0.25) is 0 Å². The number of benzene rings is 2. The lowest BCUT2D eigenvalue weighted by Gasteiger charge is -2.13. The Hall–Kier alpha value is -3.65. The van der Waals surface area contributed by atoms with E-state index < -0.39 is 0 Å². The molecule has 0 unspecified atom stereocenters. The zero-order valence-electron chi connectivity index (χ0n) is 15.3. The van der Waals surface area contributed by atoms with Gasteiger partial charge in [0.15, 0.2) is 0 Å². The van der Waals surface area contributed by atoms with Crippen molar-refractivity contribution in [2.75, 3.05) is 10.6 Å². The van der Waals surface area contributed by atoms with E-state index in [1.165, 1.54) is 0 Å². The minimum absolute atomic E-state index is 0.247. The highest BCUT2D eigenvalue weighted by Gasteiger charge is 2.12. The SMILES string of the molecule is CCc1cccc(C)c1NC(=O)c1ccc(Nc2ccccc2C#N)cn1. The van der Waals surface area contributed by atoms with Crippen molar-refractivity contribution in [3.8, 4) is 6.07 Å². The Kier molecular flexibility index (Phi) is 5.48. The first-order valence-corrected chi connectivity index (χ1v) is 8.74. The minimum atomic E-state index is -0.247. The van der Waals surface area contributed by atoms with Crippen molar-refractivity contribution in [2.45, 2.75) is 20.3 Å². The van der Waals surface area contributed by atoms with Crippen molar-refractivity contribution in [3.63, 3.8) is 0 Å². The number of carbonyl (C=O) groups is 1. The third kappa shape index (κ3) is 4.13. The molecular formula is C22H20N4O. The third-order valence-electron chi connectivity index (χ3n) is 4.30. The third-order valence-corrected chi connectivity index (χ3v) is 4.30. The van der Waals surface area contributed by atoms with Crippen molar-refractivity contribution < 1.29 is 4.79 Å². The van der Waals surface area contributed by atoms with Gasteiger partial charge in [0.25, 0.3) is 5.91 Å². The molecule has 0 spiro atoms. The van der Waals surface area contributed by atoms with Gasteiger partial charge in [-0.2, -0.15) is 5.26 Å². The largest absolute Gasteiger partial charge is 0.353 e. The maximum atomic E-state index is 12.6. The molecule has 1 heterocycles. The molecule has 0 aliphatic heterocycles. The standard InChI is InChI=1S/C22H20N4O/c1-3-16-9-6-7-15(2)21(16)26-22(27)20-12-11-18(14-24-20)25-19-10-5-4-8-17(19)13-23/h4-12,14,25H,3H2,1-2H3,(H,26,27). The smallest absolute Gasteiger partial charge is 0.274 e. The number of rotatable bonds is 5. The summed E-state index contributed by atoms with van der Waals surface area (Å²) in [5, 5.41) is 15.3. The van der Waals surface area contributed by atoms with Crippen LogP contribution in [-0.2, 0) is 6.42 Å². The van der Waals surface area contributed by atoms with Gasteiger partial charge in [0.05, 0.1) is 23.1 Å². The summed E-state index contributed by atoms with van der Waals surface area (Å²) < 4.78 is 0. The molecule has 0 aliphatic carbocycles. The molecule has 0 fully saturated rings. The number of para-hydroxylation sites is 2. The number of carbonyl (C=O) groups excluding carboxylic acids is 1. The predicted molar refractivity (Wildman–Crippen MR) is 107 cm³/mol. The number of hydrogen-bond acceptors (Lipinski definition) is 4. The first kappa shape index (κ1) is 18.2. The number of pyridine rings is 1. The molecule has 2 aromatic carbocycles. The van der Waals surface area contributed by atoms with Crippen LogP contribution in [-0.4, -0.2) is 10.9 Å². The number of amides is 1. The fourth-order valence-electron chi connectivity index (χ4n) is 2.83. The molecule has 27 heavy (non-hydrogen) atoms. The van der Waals surface area contributed by atoms with Gasteiger partial charge < -0.3 is 10.6 Å². The van der Waals surface area contributed by atoms with E-state index in [1.54, 1.807) is 24.4 Å². The molecule has 5 heteroatoms. The molecule has 0 bridgehead atoms. The van der Waals surface area contributed by atoms with Crippen LogP contribution in [0.25, 0.3) is 0 Å². The van der Waals surface area contributed by atoms with Gasteiger partial charge in [0.1, 0.15) is 11.8 Å². The number of nitriles is 1. The second kappa shape index (κ2) is 8.15. The van der Waals surface area contributed by atoms with Crippen LogP contribution in [0.3, 0.4) is 0 Å². The van der Waals surface area contributed by atoms with Crippen molar-refractivity contribution >= 4 is 23.0 Å². The highest BCUT2D eigenvalue weighted by molar-refractivity contribution is 6.03. The summed E-state index contributed by atoms with van der Waals surface area (Å²) >= 11 is 0. The summed E-state index contributed by atoms with van der Waals surface area (Å²) in [5.41, 5.74) is 5.25. The van der Waals surface area contributed by atoms with Crippen LogP contribution in [0.1, 0.15) is 34.1 Å². The molecule has 1 amide bonds. The van der Waals surface area contributed by atoms with Crippen LogP contribution < -0.4 is 10.6 Å². The lowest BCUT2D eigenvalue weighted by Crippen LogP contribution is -2.15. The van der Waals surface area contributed by atoms with Gasteiger partial charge >= 0.3 is 0 Å². The maximum absolute atomic E-state index is 12.6. The average molecular weight is 356 g/mol. The number of aromatic nitrogens is 1. The van der Waals surface area contributed by atoms with Crippen LogP contribution >= 0.6 is 0 Å². The molecule has 0 aliphatic rings. The zero-order chi connectivity index (χ0) is 19.2. The van der Waals surface area contributed by atoms with E-state index in [9.17, 15) is 4.79 Å². The van der Waals surface area contributed by atoms with Gasteiger partial charge in [0, 0.05) is 5.69 Å². The van der Waals surface area contributed by atoms with Crippen LogP contribution in [0.5, 0.6) is 0 Å². The number of aryl methyl sites for hydroxylation is 2. The topological polar surface area (TPSA) is 77.8 Å². The van der Waals surface area contributed by atoms with Gasteiger partial charge in [-0.15, -0.1) is 0 Å². The molecule has 0 saturated heterocycles. The molecule has 2 N–H and O–H groups in total. The van der Waals surface area contributed by atoms with E-state index in [0.29, 0.717) is 22.6 Å². The second-order valence-corrected chi connectivity index (χ2v) is 6.13. The van der Waals surface area contributed by atoms with E-state index >= 15 is 0 Å². The van der Waals surface area contributed by atoms with Gasteiger partial charge in [0.2, 0.25) is 0 Å². The predicted octanol–water partition coefficient (Wildman–Crippen LogP) is 4.82. The van der Waals surface area contributed by atoms with Gasteiger partial charge in [-0.1, -0.05) is 37.3 Å². The minimum Gasteiger partial charge on any atom is -0.353 e. The number of nitrogens with one attached hydrogen (secondary N) is 2. The summed E-state index contributed by atoms with van der Waals surface area (Å²) in [4.78, 5) is 16.8. The molecule has 0 atom stereocenters. The Bertz CT molecular complexity index is 1000. The van der Waals surface area contributed by atoms with Crippen molar-refractivity contribution in [2.24, 2.45) is 0 Å². The molecule has 134 valence electrons. The molecule has 3 aromatic rings. The second-order valence-electron chi connectivity index (χ2n) is 6.13. The summed E-state index contributed by atoms with van der Waals surface area (Å²) in [7, 11) is 0. The molecule has 5 nitrogen and oxygen atoms in total. The fraction of sp³-hybridized carbons (Fsp3) is 0.136. The fourth-order valence-corrected chi connectivity index (χ4v) is 2.83. The van der Waals surface area contributed by atoms with Crippen molar-refractivity contribution in [1.29, 1.82) is 5.26 Å². The van der Waals surface area contributed by atoms with Gasteiger partial charge in [-0.3, -0.25) is 4.79 Å². The van der Waals surface area contributed by atoms with E-state index in [-0.39, 0.29) is 5.91 Å². The average Bonchev–Trinajstić information content (AvgIpc) is 2.70. The quantitative estimate of drug-likeness (QED) is 0.687. The monoisotopic (exact) mass is 356 g/mol. The van der Waals surface area contributed by atoms with E-state index in [2.05, 4.69) is 28.6 Å². The van der Waals surface area contributed by atoms with Crippen molar-refractivity contribution in [3.05, 3.63) is 83.2 Å². The Labute approximate surface area is 158 Å². The molecule has 0 saturated carbocycles. The summed E-state index contributed by atoms with van der Waals surface area (Å²) in [5.74, 6) is -0.247. The normalized spacial score (nSPS) is 10.1. The Balaban J connectivity index is 1.76. The molecule has 0 radical (unpaired) electrons. The van der Waals surface area contributed by atoms with Gasteiger partial charge in [-0.25, -0.2) is 4.98 Å². The van der Waals surface area contributed by atoms with Crippen LogP contribution in [0.15, 0.2) is 60.8 Å². The van der Waals surface area contributed by atoms with E-state index in [0.717, 1.165) is 23.2 Å². The lowest BCUT2D eigenvalue weighted by molar-refractivity contribution is 0.102. The van der Waals surface area contributed by atoms with Gasteiger partial charge in [-0.05, 0) is 48.7 Å². The molecular weight excluding hydrogens is 336 g/mol. The first-order chi connectivity index (χ1) is 13.1. The zero-order valence-corrected chi connectivity index (χ0v) is 15.3. The number of nitrogens with zero attached hydrogens (tertiary/aromatic N) is 2. The number of hydrogen-bond donors (Lipinski definition) is 2. The highest BCUT2D eigenvalue weighted by atomic mass is 16.1. The Morgan fingerprint density at radius 2 is 1.93 bits per heavy atom. The van der Waals surface area contributed by atoms with Crippen molar-refractivity contribution in [1.82, 2.24) is 4.98 Å². The summed E-state index contributed by atoms with van der Waals surface area (Å²) in [6.07, 6.45) is 2.42. The number of anilines is 3. The van der Waals surface area contributed by atoms with E-state index in [1.807, 2.05) is 43.3 Å². The Morgan fingerprint density at radius 1 is 1.11 bits per heavy atom.